The number of methoxy groups -OCH3 is 1. The van der Waals surface area contributed by atoms with Crippen molar-refractivity contribution >= 4 is 0 Å². The van der Waals surface area contributed by atoms with Gasteiger partial charge in [0.25, 0.3) is 0 Å². The van der Waals surface area contributed by atoms with Crippen LogP contribution in [0.1, 0.15) is 52.4 Å². The molecule has 0 amide bonds. The van der Waals surface area contributed by atoms with E-state index in [1.165, 1.54) is 37.9 Å². The van der Waals surface area contributed by atoms with E-state index in [-0.39, 0.29) is 0 Å². The average Bonchev–Trinajstić information content (AvgIpc) is 2.88. The second-order valence-corrected chi connectivity index (χ2v) is 8.19. The summed E-state index contributed by atoms with van der Waals surface area (Å²) in [6.45, 7) is 5.03. The summed E-state index contributed by atoms with van der Waals surface area (Å²) in [5.74, 6) is 3.84. The summed E-state index contributed by atoms with van der Waals surface area (Å²) < 4.78 is 5.52. The van der Waals surface area contributed by atoms with Crippen LogP contribution in [0.15, 0.2) is 35.6 Å². The van der Waals surface area contributed by atoms with Gasteiger partial charge in [0.1, 0.15) is 0 Å². The predicted molar refractivity (Wildman–Crippen MR) is 86.7 cm³/mol. The average molecular weight is 284 g/mol. The molecule has 0 aromatic carbocycles. The van der Waals surface area contributed by atoms with E-state index in [0.29, 0.717) is 10.8 Å². The van der Waals surface area contributed by atoms with Crippen LogP contribution in [-0.4, -0.2) is 7.11 Å². The maximum Gasteiger partial charge on any atom is 0.0958 e. The van der Waals surface area contributed by atoms with Crippen LogP contribution in [0, 0.1) is 28.6 Å². The van der Waals surface area contributed by atoms with Gasteiger partial charge in [-0.05, 0) is 72.3 Å². The normalized spacial score (nSPS) is 47.9. The van der Waals surface area contributed by atoms with Crippen LogP contribution >= 0.6 is 0 Å². The molecule has 1 heteroatoms. The molecule has 5 atom stereocenters. The topological polar surface area (TPSA) is 9.23 Å². The second kappa shape index (κ2) is 4.51. The summed E-state index contributed by atoms with van der Waals surface area (Å²) in [5.41, 5.74) is 2.46. The fourth-order valence-corrected chi connectivity index (χ4v) is 5.94. The van der Waals surface area contributed by atoms with Crippen LogP contribution in [0.2, 0.25) is 0 Å². The molecule has 4 aliphatic rings. The van der Waals surface area contributed by atoms with Crippen LogP contribution < -0.4 is 0 Å². The molecule has 0 aromatic rings. The molecule has 0 N–H and O–H groups in total. The summed E-state index contributed by atoms with van der Waals surface area (Å²) in [5, 5.41) is 0. The standard InChI is InChI=1S/C20H28O/c1-19-10-4-5-17(19)16-7-6-14-13-15(21-3)8-12-20(14,2)18(16)9-11-19/h4,6,10,13,16-18H,5,7-9,11-12H2,1-3H3. The van der Waals surface area contributed by atoms with Crippen LogP contribution in [0.4, 0.5) is 0 Å². The van der Waals surface area contributed by atoms with Gasteiger partial charge in [-0.15, -0.1) is 0 Å². The third-order valence-electron chi connectivity index (χ3n) is 7.32. The minimum Gasteiger partial charge on any atom is -0.501 e. The van der Waals surface area contributed by atoms with E-state index in [1.807, 2.05) is 7.11 Å². The van der Waals surface area contributed by atoms with Gasteiger partial charge < -0.3 is 4.74 Å². The molecule has 1 nitrogen and oxygen atoms in total. The van der Waals surface area contributed by atoms with Gasteiger partial charge in [0, 0.05) is 6.42 Å². The van der Waals surface area contributed by atoms with E-state index in [0.717, 1.165) is 24.2 Å². The zero-order valence-corrected chi connectivity index (χ0v) is 13.7. The van der Waals surface area contributed by atoms with Gasteiger partial charge in [0.2, 0.25) is 0 Å². The lowest BCUT2D eigenvalue weighted by Crippen LogP contribution is -2.48. The largest absolute Gasteiger partial charge is 0.501 e. The van der Waals surface area contributed by atoms with Gasteiger partial charge in [-0.3, -0.25) is 0 Å². The van der Waals surface area contributed by atoms with Crippen LogP contribution in [-0.2, 0) is 4.74 Å². The Morgan fingerprint density at radius 1 is 1.14 bits per heavy atom. The van der Waals surface area contributed by atoms with Gasteiger partial charge in [0.05, 0.1) is 12.9 Å². The molecule has 4 rings (SSSR count). The Balaban J connectivity index is 1.70. The Kier molecular flexibility index (Phi) is 2.93. The zero-order chi connectivity index (χ0) is 14.7. The SMILES string of the molecule is COC1=CC2=CCC3C4CC=CC4(C)CCC3C2(C)CC1. The number of hydrogen-bond donors (Lipinski definition) is 0. The van der Waals surface area contributed by atoms with E-state index in [4.69, 9.17) is 4.74 Å². The van der Waals surface area contributed by atoms with Gasteiger partial charge in [0.15, 0.2) is 0 Å². The third-order valence-corrected chi connectivity index (χ3v) is 7.32. The van der Waals surface area contributed by atoms with Gasteiger partial charge in [-0.25, -0.2) is 0 Å². The Bertz CT molecular complexity index is 540. The van der Waals surface area contributed by atoms with Crippen molar-refractivity contribution in [2.24, 2.45) is 28.6 Å². The Labute approximate surface area is 129 Å². The van der Waals surface area contributed by atoms with E-state index in [9.17, 15) is 0 Å². The summed E-state index contributed by atoms with van der Waals surface area (Å²) in [6.07, 6.45) is 17.7. The Morgan fingerprint density at radius 3 is 2.81 bits per heavy atom. The first kappa shape index (κ1) is 13.7. The summed E-state index contributed by atoms with van der Waals surface area (Å²) >= 11 is 0. The minimum absolute atomic E-state index is 0.398. The lowest BCUT2D eigenvalue weighted by Gasteiger charge is -2.56. The molecule has 114 valence electrons. The van der Waals surface area contributed by atoms with Crippen molar-refractivity contribution < 1.29 is 4.74 Å². The molecule has 5 unspecified atom stereocenters. The van der Waals surface area contributed by atoms with Gasteiger partial charge in [-0.1, -0.05) is 32.1 Å². The highest BCUT2D eigenvalue weighted by Gasteiger charge is 2.54. The summed E-state index contributed by atoms with van der Waals surface area (Å²) in [7, 11) is 1.82. The molecule has 0 heterocycles. The number of hydrogen-bond acceptors (Lipinski definition) is 1. The molecule has 21 heavy (non-hydrogen) atoms. The number of allylic oxidation sites excluding steroid dienone is 6. The minimum atomic E-state index is 0.398. The molecule has 0 saturated heterocycles. The van der Waals surface area contributed by atoms with E-state index in [1.54, 1.807) is 5.57 Å². The van der Waals surface area contributed by atoms with Crippen LogP contribution in [0.5, 0.6) is 0 Å². The van der Waals surface area contributed by atoms with Crippen molar-refractivity contribution in [2.75, 3.05) is 7.11 Å². The molecular formula is C20H28O. The highest BCUT2D eigenvalue weighted by Crippen LogP contribution is 2.62. The summed E-state index contributed by atoms with van der Waals surface area (Å²) in [6, 6.07) is 0. The smallest absolute Gasteiger partial charge is 0.0958 e. The molecule has 4 aliphatic carbocycles. The number of rotatable bonds is 1. The van der Waals surface area contributed by atoms with Crippen molar-refractivity contribution in [3.05, 3.63) is 35.6 Å². The highest BCUT2D eigenvalue weighted by molar-refractivity contribution is 5.36. The van der Waals surface area contributed by atoms with E-state index >= 15 is 0 Å². The maximum atomic E-state index is 5.52. The summed E-state index contributed by atoms with van der Waals surface area (Å²) in [4.78, 5) is 0. The Hall–Kier alpha value is -0.980. The monoisotopic (exact) mass is 284 g/mol. The predicted octanol–water partition coefficient (Wildman–Crippen LogP) is 5.26. The fourth-order valence-electron chi connectivity index (χ4n) is 5.94. The van der Waals surface area contributed by atoms with Crippen LogP contribution in [0.25, 0.3) is 0 Å². The van der Waals surface area contributed by atoms with Crippen molar-refractivity contribution in [1.82, 2.24) is 0 Å². The van der Waals surface area contributed by atoms with Crippen molar-refractivity contribution in [1.29, 1.82) is 0 Å². The van der Waals surface area contributed by atoms with Gasteiger partial charge in [-0.2, -0.15) is 0 Å². The maximum absolute atomic E-state index is 5.52. The molecule has 0 spiro atoms. The van der Waals surface area contributed by atoms with Crippen molar-refractivity contribution in [3.63, 3.8) is 0 Å². The number of ether oxygens (including phenoxy) is 1. The molecule has 0 radical (unpaired) electrons. The Morgan fingerprint density at radius 2 is 2.00 bits per heavy atom. The molecule has 0 bridgehead atoms. The van der Waals surface area contributed by atoms with Gasteiger partial charge >= 0.3 is 0 Å². The zero-order valence-electron chi connectivity index (χ0n) is 13.7. The third kappa shape index (κ3) is 1.82. The highest BCUT2D eigenvalue weighted by atomic mass is 16.5. The lowest BCUT2D eigenvalue weighted by atomic mass is 9.49. The van der Waals surface area contributed by atoms with Crippen molar-refractivity contribution in [3.8, 4) is 0 Å². The molecular weight excluding hydrogens is 256 g/mol. The first-order valence-corrected chi connectivity index (χ1v) is 8.70. The fraction of sp³-hybridized carbons (Fsp3) is 0.700. The molecule has 1 saturated carbocycles. The number of fused-ring (bicyclic) bond motifs is 5. The first-order valence-electron chi connectivity index (χ1n) is 8.70. The molecule has 0 aromatic heterocycles. The van der Waals surface area contributed by atoms with Crippen LogP contribution in [0.3, 0.4) is 0 Å². The molecule has 0 aliphatic heterocycles. The van der Waals surface area contributed by atoms with E-state index < -0.39 is 0 Å². The first-order chi connectivity index (χ1) is 10.1. The van der Waals surface area contributed by atoms with Crippen molar-refractivity contribution in [2.45, 2.75) is 52.4 Å². The second-order valence-electron chi connectivity index (χ2n) is 8.19. The van der Waals surface area contributed by atoms with E-state index in [2.05, 4.69) is 38.2 Å². The quantitative estimate of drug-likeness (QED) is 0.597. The lowest BCUT2D eigenvalue weighted by molar-refractivity contribution is -0.00768. The molecule has 1 fully saturated rings.